The van der Waals surface area contributed by atoms with Crippen LogP contribution < -0.4 is 10.6 Å². The van der Waals surface area contributed by atoms with Crippen LogP contribution in [0.25, 0.3) is 11.1 Å². The van der Waals surface area contributed by atoms with E-state index >= 15 is 0 Å². The fourth-order valence-corrected chi connectivity index (χ4v) is 2.35. The fourth-order valence-electron chi connectivity index (χ4n) is 2.35. The second-order valence-electron chi connectivity index (χ2n) is 4.79. The number of pyridine rings is 1. The Hall–Kier alpha value is -2.89. The van der Waals surface area contributed by atoms with E-state index in [1.807, 2.05) is 36.4 Å². The molecular formula is C15H13N3O3. The van der Waals surface area contributed by atoms with Gasteiger partial charge in [0.05, 0.1) is 0 Å². The number of aromatic nitrogens is 1. The molecular weight excluding hydrogens is 270 g/mol. The normalized spacial score (nSPS) is 16.8. The minimum absolute atomic E-state index is 0.293. The summed E-state index contributed by atoms with van der Waals surface area (Å²) in [5.74, 6) is 0.105. The number of carbonyl (C=O) groups excluding carboxylic acids is 1. The van der Waals surface area contributed by atoms with Crippen molar-refractivity contribution in [1.29, 1.82) is 0 Å². The van der Waals surface area contributed by atoms with E-state index in [-0.39, 0.29) is 5.91 Å². The molecule has 1 aliphatic rings. The Kier molecular flexibility index (Phi) is 3.27. The van der Waals surface area contributed by atoms with Crippen molar-refractivity contribution < 1.29 is 14.7 Å². The molecule has 1 atom stereocenters. The third-order valence-corrected chi connectivity index (χ3v) is 3.35. The van der Waals surface area contributed by atoms with Gasteiger partial charge in [0, 0.05) is 18.2 Å². The van der Waals surface area contributed by atoms with Gasteiger partial charge in [-0.2, -0.15) is 0 Å². The highest BCUT2D eigenvalue weighted by molar-refractivity contribution is 5.98. The minimum Gasteiger partial charge on any atom is -0.465 e. The van der Waals surface area contributed by atoms with E-state index in [2.05, 4.69) is 15.6 Å². The van der Waals surface area contributed by atoms with E-state index in [0.717, 1.165) is 16.7 Å². The smallest absolute Gasteiger partial charge is 0.405 e. The molecule has 2 amide bonds. The molecule has 2 heterocycles. The third kappa shape index (κ3) is 2.69. The number of anilines is 1. The third-order valence-electron chi connectivity index (χ3n) is 3.35. The Balaban J connectivity index is 1.92. The lowest BCUT2D eigenvalue weighted by Crippen LogP contribution is -2.47. The molecule has 0 radical (unpaired) electrons. The van der Waals surface area contributed by atoms with Crippen LogP contribution in [-0.4, -0.2) is 28.1 Å². The average molecular weight is 283 g/mol. The SMILES string of the molecule is O=C(O)NC1Cc2cc(-c3ccccc3)cnc2NC1=O. The van der Waals surface area contributed by atoms with E-state index in [1.54, 1.807) is 6.20 Å². The summed E-state index contributed by atoms with van der Waals surface area (Å²) in [4.78, 5) is 26.7. The van der Waals surface area contributed by atoms with E-state index in [4.69, 9.17) is 5.11 Å². The molecule has 6 heteroatoms. The van der Waals surface area contributed by atoms with Crippen LogP contribution in [0.2, 0.25) is 0 Å². The fraction of sp³-hybridized carbons (Fsp3) is 0.133. The maximum Gasteiger partial charge on any atom is 0.405 e. The molecule has 0 spiro atoms. The van der Waals surface area contributed by atoms with Crippen LogP contribution in [0.1, 0.15) is 5.56 Å². The lowest BCUT2D eigenvalue weighted by molar-refractivity contribution is -0.118. The highest BCUT2D eigenvalue weighted by atomic mass is 16.4. The second-order valence-corrected chi connectivity index (χ2v) is 4.79. The molecule has 3 rings (SSSR count). The van der Waals surface area contributed by atoms with Gasteiger partial charge in [-0.3, -0.25) is 4.79 Å². The van der Waals surface area contributed by atoms with Crippen LogP contribution in [0.5, 0.6) is 0 Å². The second kappa shape index (κ2) is 5.24. The van der Waals surface area contributed by atoms with Crippen molar-refractivity contribution in [3.63, 3.8) is 0 Å². The van der Waals surface area contributed by atoms with Crippen molar-refractivity contribution >= 4 is 17.8 Å². The highest BCUT2D eigenvalue weighted by Crippen LogP contribution is 2.26. The van der Waals surface area contributed by atoms with Gasteiger partial charge in [-0.1, -0.05) is 30.3 Å². The van der Waals surface area contributed by atoms with Gasteiger partial charge in [-0.15, -0.1) is 0 Å². The first-order valence-corrected chi connectivity index (χ1v) is 6.48. The number of nitrogens with zero attached hydrogens (tertiary/aromatic N) is 1. The zero-order valence-corrected chi connectivity index (χ0v) is 11.0. The van der Waals surface area contributed by atoms with Gasteiger partial charge in [0.25, 0.3) is 0 Å². The lowest BCUT2D eigenvalue weighted by Gasteiger charge is -2.24. The van der Waals surface area contributed by atoms with Gasteiger partial charge in [-0.25, -0.2) is 9.78 Å². The van der Waals surface area contributed by atoms with E-state index in [9.17, 15) is 9.59 Å². The first-order valence-electron chi connectivity index (χ1n) is 6.48. The number of amides is 2. The van der Waals surface area contributed by atoms with Crippen LogP contribution in [-0.2, 0) is 11.2 Å². The Morgan fingerprint density at radius 1 is 1.29 bits per heavy atom. The molecule has 2 aromatic rings. The quantitative estimate of drug-likeness (QED) is 0.784. The maximum absolute atomic E-state index is 11.8. The Bertz CT molecular complexity index is 701. The zero-order valence-electron chi connectivity index (χ0n) is 11.0. The van der Waals surface area contributed by atoms with Gasteiger partial charge in [0.2, 0.25) is 5.91 Å². The molecule has 1 aromatic heterocycles. The Morgan fingerprint density at radius 3 is 2.76 bits per heavy atom. The van der Waals surface area contributed by atoms with Crippen molar-refractivity contribution in [2.75, 3.05) is 5.32 Å². The summed E-state index contributed by atoms with van der Waals surface area (Å²) >= 11 is 0. The van der Waals surface area contributed by atoms with Crippen molar-refractivity contribution in [1.82, 2.24) is 10.3 Å². The predicted molar refractivity (Wildman–Crippen MR) is 77.0 cm³/mol. The van der Waals surface area contributed by atoms with Crippen LogP contribution in [0.4, 0.5) is 10.6 Å². The van der Waals surface area contributed by atoms with Gasteiger partial charge < -0.3 is 15.7 Å². The van der Waals surface area contributed by atoms with Gasteiger partial charge in [0.15, 0.2) is 0 Å². The molecule has 106 valence electrons. The number of rotatable bonds is 2. The van der Waals surface area contributed by atoms with E-state index in [1.165, 1.54) is 0 Å². The van der Waals surface area contributed by atoms with Gasteiger partial charge in [0.1, 0.15) is 11.9 Å². The lowest BCUT2D eigenvalue weighted by atomic mass is 9.98. The predicted octanol–water partition coefficient (Wildman–Crippen LogP) is 1.88. The molecule has 0 saturated carbocycles. The average Bonchev–Trinajstić information content (AvgIpc) is 2.48. The topological polar surface area (TPSA) is 91.3 Å². The number of hydrogen-bond acceptors (Lipinski definition) is 3. The molecule has 3 N–H and O–H groups in total. The molecule has 1 aliphatic heterocycles. The van der Waals surface area contributed by atoms with Crippen molar-refractivity contribution in [2.24, 2.45) is 0 Å². The number of carboxylic acid groups (broad SMARTS) is 1. The summed E-state index contributed by atoms with van der Waals surface area (Å²) in [5.41, 5.74) is 2.77. The van der Waals surface area contributed by atoms with Crippen molar-refractivity contribution in [3.05, 3.63) is 48.2 Å². The van der Waals surface area contributed by atoms with Crippen LogP contribution in [0, 0.1) is 0 Å². The molecule has 0 fully saturated rings. The summed E-state index contributed by atoms with van der Waals surface area (Å²) in [7, 11) is 0. The number of carbonyl (C=O) groups is 2. The molecule has 1 aromatic carbocycles. The van der Waals surface area contributed by atoms with Gasteiger partial charge in [-0.05, 0) is 17.2 Å². The summed E-state index contributed by atoms with van der Waals surface area (Å²) in [5, 5.41) is 13.6. The molecule has 0 bridgehead atoms. The zero-order chi connectivity index (χ0) is 14.8. The first kappa shape index (κ1) is 13.1. The maximum atomic E-state index is 11.8. The molecule has 6 nitrogen and oxygen atoms in total. The Labute approximate surface area is 120 Å². The molecule has 21 heavy (non-hydrogen) atoms. The number of benzene rings is 1. The van der Waals surface area contributed by atoms with Crippen LogP contribution in [0.15, 0.2) is 42.6 Å². The van der Waals surface area contributed by atoms with Crippen LogP contribution >= 0.6 is 0 Å². The summed E-state index contributed by atoms with van der Waals surface area (Å²) in [6.07, 6.45) is 0.770. The molecule has 1 unspecified atom stereocenters. The first-order chi connectivity index (χ1) is 10.1. The van der Waals surface area contributed by atoms with Gasteiger partial charge >= 0.3 is 6.09 Å². The molecule has 0 aliphatic carbocycles. The van der Waals surface area contributed by atoms with Crippen molar-refractivity contribution in [3.8, 4) is 11.1 Å². The van der Waals surface area contributed by atoms with E-state index < -0.39 is 12.1 Å². The number of fused-ring (bicyclic) bond motifs is 1. The minimum atomic E-state index is -1.22. The summed E-state index contributed by atoms with van der Waals surface area (Å²) in [6.45, 7) is 0. The summed E-state index contributed by atoms with van der Waals surface area (Å²) in [6, 6.07) is 10.9. The van der Waals surface area contributed by atoms with Crippen molar-refractivity contribution in [2.45, 2.75) is 12.5 Å². The largest absolute Gasteiger partial charge is 0.465 e. The summed E-state index contributed by atoms with van der Waals surface area (Å²) < 4.78 is 0. The number of nitrogens with one attached hydrogen (secondary N) is 2. The Morgan fingerprint density at radius 2 is 2.05 bits per heavy atom. The highest BCUT2D eigenvalue weighted by Gasteiger charge is 2.28. The molecule has 0 saturated heterocycles. The monoisotopic (exact) mass is 283 g/mol. The van der Waals surface area contributed by atoms with Crippen LogP contribution in [0.3, 0.4) is 0 Å². The standard InChI is InChI=1S/C15H13N3O3/c19-14-12(17-15(20)21)7-10-6-11(8-16-13(10)18-14)9-4-2-1-3-5-9/h1-6,8,12,17H,7H2,(H,20,21)(H,16,18,19). The number of hydrogen-bond donors (Lipinski definition) is 3. The van der Waals surface area contributed by atoms with E-state index in [0.29, 0.717) is 12.2 Å².